The Morgan fingerprint density at radius 1 is 1.47 bits per heavy atom. The molecule has 0 saturated heterocycles. The SMILES string of the molecule is CCn1ccnc1COc1cccc(CC(=O)O)c1. The number of carboxylic acid groups (broad SMARTS) is 1. The normalized spacial score (nSPS) is 10.4. The van der Waals surface area contributed by atoms with Crippen molar-refractivity contribution in [2.24, 2.45) is 0 Å². The Bertz CT molecular complexity index is 563. The average Bonchev–Trinajstić information content (AvgIpc) is 2.83. The maximum absolute atomic E-state index is 10.7. The van der Waals surface area contributed by atoms with Crippen LogP contribution in [-0.4, -0.2) is 20.6 Å². The molecule has 2 rings (SSSR count). The van der Waals surface area contributed by atoms with Gasteiger partial charge in [0.25, 0.3) is 0 Å². The molecule has 1 heterocycles. The van der Waals surface area contributed by atoms with Crippen LogP contribution in [0, 0.1) is 0 Å². The minimum atomic E-state index is -0.848. The highest BCUT2D eigenvalue weighted by molar-refractivity contribution is 5.70. The molecule has 1 aromatic carbocycles. The number of aliphatic carboxylic acids is 1. The standard InChI is InChI=1S/C14H16N2O3/c1-2-16-7-6-15-13(16)10-19-12-5-3-4-11(8-12)9-14(17)18/h3-8H,2,9-10H2,1H3,(H,17,18). The van der Waals surface area contributed by atoms with Gasteiger partial charge in [0.2, 0.25) is 0 Å². The summed E-state index contributed by atoms with van der Waals surface area (Å²) in [4.78, 5) is 14.9. The molecule has 1 N–H and O–H groups in total. The van der Waals surface area contributed by atoms with E-state index in [1.54, 1.807) is 24.4 Å². The molecule has 0 aliphatic carbocycles. The van der Waals surface area contributed by atoms with Gasteiger partial charge in [0, 0.05) is 18.9 Å². The Morgan fingerprint density at radius 2 is 2.32 bits per heavy atom. The molecule has 19 heavy (non-hydrogen) atoms. The fourth-order valence-corrected chi connectivity index (χ4v) is 1.84. The number of ether oxygens (including phenoxy) is 1. The van der Waals surface area contributed by atoms with Gasteiger partial charge in [-0.3, -0.25) is 4.79 Å². The molecule has 0 saturated carbocycles. The Kier molecular flexibility index (Phi) is 4.18. The molecule has 100 valence electrons. The van der Waals surface area contributed by atoms with Crippen molar-refractivity contribution in [2.75, 3.05) is 0 Å². The van der Waals surface area contributed by atoms with E-state index in [4.69, 9.17) is 9.84 Å². The van der Waals surface area contributed by atoms with Gasteiger partial charge in [0.05, 0.1) is 6.42 Å². The van der Waals surface area contributed by atoms with Gasteiger partial charge in [-0.1, -0.05) is 12.1 Å². The summed E-state index contributed by atoms with van der Waals surface area (Å²) >= 11 is 0. The minimum absolute atomic E-state index is 0.000781. The number of nitrogens with zero attached hydrogens (tertiary/aromatic N) is 2. The minimum Gasteiger partial charge on any atom is -0.486 e. The van der Waals surface area contributed by atoms with E-state index in [1.807, 2.05) is 23.8 Å². The molecule has 0 amide bonds. The summed E-state index contributed by atoms with van der Waals surface area (Å²) in [5.41, 5.74) is 0.726. The third-order valence-corrected chi connectivity index (χ3v) is 2.76. The van der Waals surface area contributed by atoms with Crippen LogP contribution in [0.1, 0.15) is 18.3 Å². The lowest BCUT2D eigenvalue weighted by Crippen LogP contribution is -2.06. The van der Waals surface area contributed by atoms with Gasteiger partial charge < -0.3 is 14.4 Å². The fourth-order valence-electron chi connectivity index (χ4n) is 1.84. The van der Waals surface area contributed by atoms with Crippen LogP contribution in [-0.2, 0) is 24.4 Å². The first-order valence-electron chi connectivity index (χ1n) is 6.12. The zero-order valence-corrected chi connectivity index (χ0v) is 10.7. The van der Waals surface area contributed by atoms with Gasteiger partial charge in [-0.15, -0.1) is 0 Å². The molecule has 5 nitrogen and oxygen atoms in total. The second-order valence-corrected chi connectivity index (χ2v) is 4.14. The van der Waals surface area contributed by atoms with E-state index in [9.17, 15) is 4.79 Å². The molecule has 2 aromatic rings. The molecular weight excluding hydrogens is 244 g/mol. The lowest BCUT2D eigenvalue weighted by Gasteiger charge is -2.08. The quantitative estimate of drug-likeness (QED) is 0.864. The van der Waals surface area contributed by atoms with Gasteiger partial charge in [-0.25, -0.2) is 4.98 Å². The first kappa shape index (κ1) is 13.1. The van der Waals surface area contributed by atoms with Crippen LogP contribution in [0.4, 0.5) is 0 Å². The van der Waals surface area contributed by atoms with Gasteiger partial charge in [-0.05, 0) is 24.6 Å². The van der Waals surface area contributed by atoms with E-state index in [0.29, 0.717) is 12.4 Å². The van der Waals surface area contributed by atoms with E-state index in [0.717, 1.165) is 17.9 Å². The Morgan fingerprint density at radius 3 is 3.05 bits per heavy atom. The van der Waals surface area contributed by atoms with Crippen LogP contribution in [0.25, 0.3) is 0 Å². The molecule has 0 atom stereocenters. The summed E-state index contributed by atoms with van der Waals surface area (Å²) in [5.74, 6) is 0.661. The van der Waals surface area contributed by atoms with Crippen LogP contribution in [0.2, 0.25) is 0 Å². The maximum Gasteiger partial charge on any atom is 0.307 e. The predicted octanol–water partition coefficient (Wildman–Crippen LogP) is 2.11. The third-order valence-electron chi connectivity index (χ3n) is 2.76. The highest BCUT2D eigenvalue weighted by Crippen LogP contribution is 2.15. The highest BCUT2D eigenvalue weighted by Gasteiger charge is 2.04. The molecule has 0 fully saturated rings. The van der Waals surface area contributed by atoms with Gasteiger partial charge in [0.1, 0.15) is 18.2 Å². The monoisotopic (exact) mass is 260 g/mol. The predicted molar refractivity (Wildman–Crippen MR) is 70.0 cm³/mol. The molecule has 0 bridgehead atoms. The molecule has 0 radical (unpaired) electrons. The maximum atomic E-state index is 10.7. The van der Waals surface area contributed by atoms with Crippen LogP contribution in [0.5, 0.6) is 5.75 Å². The molecule has 0 aliphatic rings. The van der Waals surface area contributed by atoms with E-state index in [2.05, 4.69) is 4.98 Å². The first-order chi connectivity index (χ1) is 9.19. The van der Waals surface area contributed by atoms with Crippen molar-refractivity contribution in [3.63, 3.8) is 0 Å². The summed E-state index contributed by atoms with van der Waals surface area (Å²) in [7, 11) is 0. The van der Waals surface area contributed by atoms with Crippen molar-refractivity contribution in [3.05, 3.63) is 48.0 Å². The van der Waals surface area contributed by atoms with E-state index < -0.39 is 5.97 Å². The van der Waals surface area contributed by atoms with Crippen molar-refractivity contribution in [1.82, 2.24) is 9.55 Å². The molecular formula is C14H16N2O3. The fraction of sp³-hybridized carbons (Fsp3) is 0.286. The number of hydrogen-bond acceptors (Lipinski definition) is 3. The van der Waals surface area contributed by atoms with Crippen LogP contribution >= 0.6 is 0 Å². The molecule has 0 aliphatic heterocycles. The van der Waals surface area contributed by atoms with Crippen LogP contribution in [0.3, 0.4) is 0 Å². The Balaban J connectivity index is 2.01. The number of carbonyl (C=O) groups is 1. The number of carboxylic acids is 1. The number of aryl methyl sites for hydroxylation is 1. The van der Waals surface area contributed by atoms with Crippen molar-refractivity contribution in [1.29, 1.82) is 0 Å². The number of benzene rings is 1. The lowest BCUT2D eigenvalue weighted by molar-refractivity contribution is -0.136. The number of imidazole rings is 1. The van der Waals surface area contributed by atoms with Crippen molar-refractivity contribution in [3.8, 4) is 5.75 Å². The Hall–Kier alpha value is -2.30. The molecule has 1 aromatic heterocycles. The molecule has 5 heteroatoms. The number of aromatic nitrogens is 2. The molecule has 0 spiro atoms. The van der Waals surface area contributed by atoms with Gasteiger partial charge in [-0.2, -0.15) is 0 Å². The second kappa shape index (κ2) is 6.04. The summed E-state index contributed by atoms with van der Waals surface area (Å²) < 4.78 is 7.64. The summed E-state index contributed by atoms with van der Waals surface area (Å²) in [5, 5.41) is 8.75. The van der Waals surface area contributed by atoms with E-state index in [1.165, 1.54) is 0 Å². The van der Waals surface area contributed by atoms with Crippen LogP contribution < -0.4 is 4.74 Å². The van der Waals surface area contributed by atoms with Gasteiger partial charge in [0.15, 0.2) is 0 Å². The van der Waals surface area contributed by atoms with E-state index >= 15 is 0 Å². The number of hydrogen-bond donors (Lipinski definition) is 1. The second-order valence-electron chi connectivity index (χ2n) is 4.14. The largest absolute Gasteiger partial charge is 0.486 e. The van der Waals surface area contributed by atoms with Crippen molar-refractivity contribution < 1.29 is 14.6 Å². The number of rotatable bonds is 6. The summed E-state index contributed by atoms with van der Waals surface area (Å²) in [6.45, 7) is 3.26. The van der Waals surface area contributed by atoms with Crippen LogP contribution in [0.15, 0.2) is 36.7 Å². The first-order valence-corrected chi connectivity index (χ1v) is 6.12. The Labute approximate surface area is 111 Å². The smallest absolute Gasteiger partial charge is 0.307 e. The lowest BCUT2D eigenvalue weighted by atomic mass is 10.1. The average molecular weight is 260 g/mol. The van der Waals surface area contributed by atoms with Gasteiger partial charge >= 0.3 is 5.97 Å². The topological polar surface area (TPSA) is 64.4 Å². The zero-order chi connectivity index (χ0) is 13.7. The van der Waals surface area contributed by atoms with E-state index in [-0.39, 0.29) is 6.42 Å². The summed E-state index contributed by atoms with van der Waals surface area (Å²) in [6, 6.07) is 7.12. The summed E-state index contributed by atoms with van der Waals surface area (Å²) in [6.07, 6.45) is 3.64. The highest BCUT2D eigenvalue weighted by atomic mass is 16.5. The van der Waals surface area contributed by atoms with Crippen molar-refractivity contribution >= 4 is 5.97 Å². The van der Waals surface area contributed by atoms with Crippen molar-refractivity contribution in [2.45, 2.75) is 26.5 Å². The zero-order valence-electron chi connectivity index (χ0n) is 10.7. The third kappa shape index (κ3) is 3.58. The molecule has 0 unspecified atom stereocenters.